The third kappa shape index (κ3) is 6.44. The maximum atomic E-state index is 2.43. The molecule has 0 amide bonds. The normalized spacial score (nSPS) is 11.4. The van der Waals surface area contributed by atoms with E-state index in [0.717, 1.165) is 34.1 Å². The van der Waals surface area contributed by atoms with Crippen LogP contribution in [0.2, 0.25) is 0 Å². The first-order valence-corrected chi connectivity index (χ1v) is 22.0. The standard InChI is InChI=1S/C62H42N2/c1-5-21-47(22-6-1)63(48-23-7-2-8-24-48)51-37-39-57-59(41-51)61(46-35-34-45-33-32-44-19-14-16-30-54(44)58(45)40-46)56-38-36-52(64(49-25-9-3-10-26-49)50-27-11-4-12-28-50)42-60(56)62(57)55-31-17-20-43-18-13-15-29-53(43)55/h1-42H. The number of fused-ring (bicyclic) bond motifs is 6. The minimum atomic E-state index is 1.09. The lowest BCUT2D eigenvalue weighted by Gasteiger charge is -2.28. The molecule has 12 rings (SSSR count). The summed E-state index contributed by atoms with van der Waals surface area (Å²) in [4.78, 5) is 4.75. The van der Waals surface area contributed by atoms with Crippen molar-refractivity contribution in [2.75, 3.05) is 9.80 Å². The van der Waals surface area contributed by atoms with Crippen molar-refractivity contribution in [3.8, 4) is 22.3 Å². The number of para-hydroxylation sites is 4. The Balaban J connectivity index is 1.23. The molecule has 0 radical (unpaired) electrons. The summed E-state index contributed by atoms with van der Waals surface area (Å²) in [5.41, 5.74) is 11.4. The lowest BCUT2D eigenvalue weighted by Crippen LogP contribution is -2.10. The summed E-state index contributed by atoms with van der Waals surface area (Å²) in [5, 5.41) is 12.2. The van der Waals surface area contributed by atoms with Gasteiger partial charge in [-0.1, -0.05) is 176 Å². The van der Waals surface area contributed by atoms with Gasteiger partial charge in [-0.25, -0.2) is 0 Å². The molecule has 0 spiro atoms. The monoisotopic (exact) mass is 814 g/mol. The highest BCUT2D eigenvalue weighted by molar-refractivity contribution is 6.25. The molecule has 0 saturated heterocycles. The van der Waals surface area contributed by atoms with Crippen molar-refractivity contribution in [1.82, 2.24) is 0 Å². The summed E-state index contributed by atoms with van der Waals surface area (Å²) in [6.45, 7) is 0. The van der Waals surface area contributed by atoms with Crippen molar-refractivity contribution in [1.29, 1.82) is 0 Å². The van der Waals surface area contributed by atoms with Crippen molar-refractivity contribution < 1.29 is 0 Å². The van der Waals surface area contributed by atoms with Crippen molar-refractivity contribution in [3.63, 3.8) is 0 Å². The molecule has 0 unspecified atom stereocenters. The molecule has 12 aromatic carbocycles. The van der Waals surface area contributed by atoms with Gasteiger partial charge in [0.2, 0.25) is 0 Å². The Labute approximate surface area is 373 Å². The highest BCUT2D eigenvalue weighted by Gasteiger charge is 2.23. The van der Waals surface area contributed by atoms with E-state index in [4.69, 9.17) is 0 Å². The smallest absolute Gasteiger partial charge is 0.0468 e. The van der Waals surface area contributed by atoms with Crippen LogP contribution in [-0.4, -0.2) is 0 Å². The maximum Gasteiger partial charge on any atom is 0.0468 e. The van der Waals surface area contributed by atoms with Crippen molar-refractivity contribution >= 4 is 88.0 Å². The van der Waals surface area contributed by atoms with E-state index in [1.807, 2.05) is 0 Å². The van der Waals surface area contributed by atoms with Gasteiger partial charge in [0, 0.05) is 34.1 Å². The quantitative estimate of drug-likeness (QED) is 0.111. The second kappa shape index (κ2) is 15.8. The zero-order valence-electron chi connectivity index (χ0n) is 35.1. The van der Waals surface area contributed by atoms with E-state index in [0.29, 0.717) is 0 Å². The van der Waals surface area contributed by atoms with Crippen LogP contribution in [0.5, 0.6) is 0 Å². The van der Waals surface area contributed by atoms with Crippen LogP contribution in [0.1, 0.15) is 0 Å². The molecule has 0 N–H and O–H groups in total. The van der Waals surface area contributed by atoms with Gasteiger partial charge >= 0.3 is 0 Å². The fourth-order valence-corrected chi connectivity index (χ4v) is 9.89. The molecule has 0 atom stereocenters. The molecule has 0 bridgehead atoms. The van der Waals surface area contributed by atoms with Gasteiger partial charge in [-0.15, -0.1) is 0 Å². The Morgan fingerprint density at radius 3 is 1.16 bits per heavy atom. The summed E-state index contributed by atoms with van der Waals surface area (Å²) in [7, 11) is 0. The fraction of sp³-hybridized carbons (Fsp3) is 0. The Morgan fingerprint density at radius 1 is 0.203 bits per heavy atom. The summed E-state index contributed by atoms with van der Waals surface area (Å²) in [6.07, 6.45) is 0. The second-order valence-corrected chi connectivity index (χ2v) is 16.5. The van der Waals surface area contributed by atoms with E-state index < -0.39 is 0 Å². The van der Waals surface area contributed by atoms with E-state index >= 15 is 0 Å². The van der Waals surface area contributed by atoms with Crippen LogP contribution in [0.25, 0.3) is 76.1 Å². The first-order chi connectivity index (χ1) is 31.8. The summed E-state index contributed by atoms with van der Waals surface area (Å²) >= 11 is 0. The number of nitrogens with zero attached hydrogens (tertiary/aromatic N) is 2. The highest BCUT2D eigenvalue weighted by atomic mass is 15.1. The van der Waals surface area contributed by atoms with Crippen LogP contribution in [0.3, 0.4) is 0 Å². The lowest BCUT2D eigenvalue weighted by molar-refractivity contribution is 1.29. The van der Waals surface area contributed by atoms with Crippen LogP contribution in [0, 0.1) is 0 Å². The number of hydrogen-bond donors (Lipinski definition) is 0. The maximum absolute atomic E-state index is 2.43. The van der Waals surface area contributed by atoms with Crippen LogP contribution in [-0.2, 0) is 0 Å². The number of rotatable bonds is 8. The molecule has 0 heterocycles. The van der Waals surface area contributed by atoms with Gasteiger partial charge in [-0.3, -0.25) is 0 Å². The topological polar surface area (TPSA) is 6.48 Å². The van der Waals surface area contributed by atoms with Gasteiger partial charge in [0.15, 0.2) is 0 Å². The van der Waals surface area contributed by atoms with Crippen molar-refractivity contribution in [3.05, 3.63) is 255 Å². The highest BCUT2D eigenvalue weighted by Crippen LogP contribution is 2.50. The minimum absolute atomic E-state index is 1.09. The van der Waals surface area contributed by atoms with Gasteiger partial charge in [0.25, 0.3) is 0 Å². The largest absolute Gasteiger partial charge is 0.310 e. The summed E-state index contributed by atoms with van der Waals surface area (Å²) in [6, 6.07) is 92.9. The third-order valence-electron chi connectivity index (χ3n) is 12.8. The van der Waals surface area contributed by atoms with E-state index in [9.17, 15) is 0 Å². The zero-order valence-corrected chi connectivity index (χ0v) is 35.1. The molecule has 0 fully saturated rings. The molecule has 0 saturated carbocycles. The van der Waals surface area contributed by atoms with Gasteiger partial charge < -0.3 is 9.80 Å². The molecule has 0 aliphatic heterocycles. The van der Waals surface area contributed by atoms with Gasteiger partial charge in [0.05, 0.1) is 0 Å². The first kappa shape index (κ1) is 37.3. The van der Waals surface area contributed by atoms with Crippen molar-refractivity contribution in [2.45, 2.75) is 0 Å². The Hall–Kier alpha value is -8.46. The molecular formula is C62H42N2. The van der Waals surface area contributed by atoms with Crippen LogP contribution < -0.4 is 9.80 Å². The first-order valence-electron chi connectivity index (χ1n) is 22.0. The fourth-order valence-electron chi connectivity index (χ4n) is 9.89. The number of hydrogen-bond acceptors (Lipinski definition) is 2. The van der Waals surface area contributed by atoms with E-state index in [2.05, 4.69) is 265 Å². The van der Waals surface area contributed by atoms with Crippen LogP contribution in [0.4, 0.5) is 34.1 Å². The Kier molecular flexibility index (Phi) is 9.20. The molecule has 64 heavy (non-hydrogen) atoms. The van der Waals surface area contributed by atoms with Crippen LogP contribution in [0.15, 0.2) is 255 Å². The Bertz CT molecular complexity index is 3570. The van der Waals surface area contributed by atoms with E-state index in [-0.39, 0.29) is 0 Å². The third-order valence-corrected chi connectivity index (χ3v) is 12.8. The molecule has 12 aromatic rings. The second-order valence-electron chi connectivity index (χ2n) is 16.5. The van der Waals surface area contributed by atoms with Crippen molar-refractivity contribution in [2.24, 2.45) is 0 Å². The molecule has 0 aliphatic rings. The van der Waals surface area contributed by atoms with Gasteiger partial charge in [-0.05, 0) is 155 Å². The van der Waals surface area contributed by atoms with Gasteiger partial charge in [0.1, 0.15) is 0 Å². The minimum Gasteiger partial charge on any atom is -0.310 e. The molecule has 2 heteroatoms. The van der Waals surface area contributed by atoms with E-state index in [1.54, 1.807) is 0 Å². The summed E-state index contributed by atoms with van der Waals surface area (Å²) in [5.74, 6) is 0. The molecular weight excluding hydrogens is 773 g/mol. The summed E-state index contributed by atoms with van der Waals surface area (Å²) < 4.78 is 0. The van der Waals surface area contributed by atoms with E-state index in [1.165, 1.54) is 76.1 Å². The lowest BCUT2D eigenvalue weighted by atomic mass is 9.83. The molecule has 300 valence electrons. The number of anilines is 6. The van der Waals surface area contributed by atoms with Gasteiger partial charge in [-0.2, -0.15) is 0 Å². The Morgan fingerprint density at radius 2 is 0.609 bits per heavy atom. The van der Waals surface area contributed by atoms with Crippen LogP contribution >= 0.6 is 0 Å². The SMILES string of the molecule is c1ccc(N(c2ccccc2)c2ccc3c(-c4cccc5ccccc45)c4cc(N(c5ccccc5)c5ccccc5)ccc4c(-c4ccc5ccc6ccccc6c5c4)c3c2)cc1. The molecule has 2 nitrogen and oxygen atoms in total. The average molecular weight is 815 g/mol. The average Bonchev–Trinajstić information content (AvgIpc) is 3.37. The molecule has 0 aliphatic carbocycles. The predicted molar refractivity (Wildman–Crippen MR) is 274 cm³/mol. The predicted octanol–water partition coefficient (Wildman–Crippen LogP) is 17.7. The molecule has 0 aromatic heterocycles. The zero-order chi connectivity index (χ0) is 42.4. The number of benzene rings is 12.